The fraction of sp³-hybridized carbons (Fsp3) is 0.286. The van der Waals surface area contributed by atoms with Gasteiger partial charge in [-0.05, 0) is 0 Å². The highest BCUT2D eigenvalue weighted by atomic mass is 79.9. The molecule has 13 heavy (non-hydrogen) atoms. The number of aromatic nitrogens is 1. The molecule has 0 saturated carbocycles. The molecule has 0 fully saturated rings. The molecule has 1 aromatic heterocycles. The zero-order valence-electron chi connectivity index (χ0n) is 6.20. The van der Waals surface area contributed by atoms with Crippen LogP contribution in [0.2, 0.25) is 0 Å². The monoisotopic (exact) mass is 257 g/mol. The maximum Gasteiger partial charge on any atom is 0.269 e. The number of nitrogens with zero attached hydrogens (tertiary/aromatic N) is 1. The summed E-state index contributed by atoms with van der Waals surface area (Å²) >= 11 is 2.85. The smallest absolute Gasteiger partial charge is 0.254 e. The molecular weight excluding hydrogens is 254 g/mol. The zero-order valence-corrected chi connectivity index (χ0v) is 7.78. The van der Waals surface area contributed by atoms with E-state index in [1.54, 1.807) is 0 Å². The summed E-state index contributed by atoms with van der Waals surface area (Å²) in [6, 6.07) is 0. The van der Waals surface area contributed by atoms with Crippen LogP contribution in [0.25, 0.3) is 0 Å². The normalized spacial score (nSPS) is 10.9. The van der Waals surface area contributed by atoms with Gasteiger partial charge in [0.2, 0.25) is 0 Å². The van der Waals surface area contributed by atoms with E-state index in [1.807, 2.05) is 0 Å². The highest BCUT2D eigenvalue weighted by Gasteiger charge is 2.21. The minimum Gasteiger partial charge on any atom is -0.254 e. The van der Waals surface area contributed by atoms with Crippen molar-refractivity contribution in [2.75, 3.05) is 0 Å². The van der Waals surface area contributed by atoms with E-state index in [9.17, 15) is 17.6 Å². The van der Waals surface area contributed by atoms with Gasteiger partial charge in [0.1, 0.15) is 0 Å². The lowest BCUT2D eigenvalue weighted by molar-refractivity contribution is 0.140. The number of rotatable bonds is 2. The van der Waals surface area contributed by atoms with E-state index >= 15 is 0 Å². The summed E-state index contributed by atoms with van der Waals surface area (Å²) in [6.07, 6.45) is -2.58. The molecule has 0 aliphatic heterocycles. The molecule has 0 bridgehead atoms. The van der Waals surface area contributed by atoms with E-state index in [1.165, 1.54) is 0 Å². The first-order valence-corrected chi connectivity index (χ1v) is 4.37. The topological polar surface area (TPSA) is 12.9 Å². The van der Waals surface area contributed by atoms with Gasteiger partial charge in [0.05, 0.1) is 17.5 Å². The lowest BCUT2D eigenvalue weighted by Gasteiger charge is -2.05. The molecule has 0 aromatic carbocycles. The summed E-state index contributed by atoms with van der Waals surface area (Å²) in [5.74, 6) is -2.61. The van der Waals surface area contributed by atoms with Gasteiger partial charge >= 0.3 is 0 Å². The van der Waals surface area contributed by atoms with Gasteiger partial charge < -0.3 is 0 Å². The number of hydrogen-bond donors (Lipinski definition) is 0. The third kappa shape index (κ3) is 1.99. The summed E-state index contributed by atoms with van der Waals surface area (Å²) in [7, 11) is 0. The molecule has 1 heterocycles. The fourth-order valence-electron chi connectivity index (χ4n) is 0.814. The van der Waals surface area contributed by atoms with E-state index in [0.29, 0.717) is 6.20 Å². The van der Waals surface area contributed by atoms with Crippen LogP contribution < -0.4 is 0 Å². The second kappa shape index (κ2) is 4.04. The molecule has 1 rings (SSSR count). The largest absolute Gasteiger partial charge is 0.269 e. The molecule has 0 N–H and O–H groups in total. The first-order chi connectivity index (χ1) is 6.07. The number of hydrogen-bond acceptors (Lipinski definition) is 1. The summed E-state index contributed by atoms with van der Waals surface area (Å²) in [5, 5.41) is -0.0289. The van der Waals surface area contributed by atoms with Crippen molar-refractivity contribution in [3.05, 3.63) is 29.1 Å². The van der Waals surface area contributed by atoms with Crippen molar-refractivity contribution < 1.29 is 17.6 Å². The van der Waals surface area contributed by atoms with Gasteiger partial charge in [-0.25, -0.2) is 17.6 Å². The van der Waals surface area contributed by atoms with Crippen LogP contribution in [-0.4, -0.2) is 4.98 Å². The third-order valence-electron chi connectivity index (χ3n) is 1.43. The molecule has 0 radical (unpaired) electrons. The number of pyridine rings is 1. The molecule has 0 saturated heterocycles. The van der Waals surface area contributed by atoms with E-state index in [4.69, 9.17) is 0 Å². The number of halogens is 5. The Balaban J connectivity index is 3.30. The summed E-state index contributed by atoms with van der Waals surface area (Å²) in [6.45, 7) is 0. The van der Waals surface area contributed by atoms with Crippen molar-refractivity contribution in [1.29, 1.82) is 0 Å². The summed E-state index contributed by atoms with van der Waals surface area (Å²) < 4.78 is 49.8. The Morgan fingerprint density at radius 1 is 1.38 bits per heavy atom. The first kappa shape index (κ1) is 10.4. The quantitative estimate of drug-likeness (QED) is 0.586. The van der Waals surface area contributed by atoms with Crippen LogP contribution in [0, 0.1) is 11.6 Å². The Bertz CT molecular complexity index is 316. The predicted molar refractivity (Wildman–Crippen MR) is 41.7 cm³/mol. The molecule has 0 amide bonds. The van der Waals surface area contributed by atoms with Crippen LogP contribution in [-0.2, 0) is 5.33 Å². The lowest BCUT2D eigenvalue weighted by atomic mass is 10.2. The van der Waals surface area contributed by atoms with Gasteiger partial charge in [0.15, 0.2) is 11.6 Å². The molecule has 1 nitrogen and oxygen atoms in total. The molecule has 0 aliphatic rings. The SMILES string of the molecule is Fc1cnc(CBr)c(F)c1C(F)F. The average Bonchev–Trinajstić information content (AvgIpc) is 2.04. The van der Waals surface area contributed by atoms with Gasteiger partial charge in [-0.15, -0.1) is 0 Å². The van der Waals surface area contributed by atoms with Gasteiger partial charge in [-0.2, -0.15) is 0 Å². The van der Waals surface area contributed by atoms with Crippen LogP contribution in [0.5, 0.6) is 0 Å². The van der Waals surface area contributed by atoms with Crippen molar-refractivity contribution in [1.82, 2.24) is 4.98 Å². The minimum absolute atomic E-state index is 0.0289. The lowest BCUT2D eigenvalue weighted by Crippen LogP contribution is -2.02. The molecule has 6 heteroatoms. The summed E-state index contributed by atoms with van der Waals surface area (Å²) in [5.41, 5.74) is -1.44. The average molecular weight is 258 g/mol. The Hall–Kier alpha value is -0.650. The second-order valence-corrected chi connectivity index (χ2v) is 2.78. The van der Waals surface area contributed by atoms with Crippen LogP contribution in [0.3, 0.4) is 0 Å². The van der Waals surface area contributed by atoms with Crippen molar-refractivity contribution in [3.63, 3.8) is 0 Å². The maximum absolute atomic E-state index is 13.0. The molecule has 0 unspecified atom stereocenters. The molecular formula is C7H4BrF4N. The van der Waals surface area contributed by atoms with Crippen LogP contribution >= 0.6 is 15.9 Å². The van der Waals surface area contributed by atoms with Crippen molar-refractivity contribution in [2.45, 2.75) is 11.8 Å². The van der Waals surface area contributed by atoms with Crippen molar-refractivity contribution >= 4 is 15.9 Å². The first-order valence-electron chi connectivity index (χ1n) is 3.24. The minimum atomic E-state index is -3.17. The van der Waals surface area contributed by atoms with Gasteiger partial charge in [-0.3, -0.25) is 4.98 Å². The van der Waals surface area contributed by atoms with E-state index in [-0.39, 0.29) is 11.0 Å². The molecule has 0 spiro atoms. The van der Waals surface area contributed by atoms with Crippen molar-refractivity contribution in [3.8, 4) is 0 Å². The molecule has 72 valence electrons. The Morgan fingerprint density at radius 3 is 2.46 bits per heavy atom. The van der Waals surface area contributed by atoms with Gasteiger partial charge in [0, 0.05) is 5.33 Å². The van der Waals surface area contributed by atoms with Crippen LogP contribution in [0.15, 0.2) is 6.20 Å². The summed E-state index contributed by atoms with van der Waals surface area (Å²) in [4.78, 5) is 3.31. The Morgan fingerprint density at radius 2 is 2.00 bits per heavy atom. The Kier molecular flexibility index (Phi) is 3.24. The molecule has 0 aliphatic carbocycles. The highest BCUT2D eigenvalue weighted by Crippen LogP contribution is 2.26. The van der Waals surface area contributed by atoms with E-state index < -0.39 is 23.6 Å². The second-order valence-electron chi connectivity index (χ2n) is 2.21. The van der Waals surface area contributed by atoms with Crippen LogP contribution in [0.4, 0.5) is 17.6 Å². The van der Waals surface area contributed by atoms with Crippen molar-refractivity contribution in [2.24, 2.45) is 0 Å². The third-order valence-corrected chi connectivity index (χ3v) is 1.96. The fourth-order valence-corrected chi connectivity index (χ4v) is 1.21. The van der Waals surface area contributed by atoms with Gasteiger partial charge in [-0.1, -0.05) is 15.9 Å². The zero-order chi connectivity index (χ0) is 10.0. The molecule has 1 aromatic rings. The number of alkyl halides is 3. The Labute approximate surface area is 79.9 Å². The van der Waals surface area contributed by atoms with Gasteiger partial charge in [0.25, 0.3) is 6.43 Å². The molecule has 0 atom stereocenters. The standard InChI is InChI=1S/C7H4BrF4N/c8-1-4-6(10)5(7(11)12)3(9)2-13-4/h2,7H,1H2. The predicted octanol–water partition coefficient (Wildman–Crippen LogP) is 3.19. The van der Waals surface area contributed by atoms with E-state index in [2.05, 4.69) is 20.9 Å². The maximum atomic E-state index is 13.0. The van der Waals surface area contributed by atoms with Crippen LogP contribution in [0.1, 0.15) is 17.7 Å². The highest BCUT2D eigenvalue weighted by molar-refractivity contribution is 9.08. The van der Waals surface area contributed by atoms with E-state index in [0.717, 1.165) is 0 Å².